The Morgan fingerprint density at radius 1 is 1.71 bits per heavy atom. The van der Waals surface area contributed by atoms with Gasteiger partial charge in [0, 0.05) is 0 Å². The molecule has 2 rings (SSSR count). The summed E-state index contributed by atoms with van der Waals surface area (Å²) in [5, 5.41) is 20.0. The predicted molar refractivity (Wildman–Crippen MR) is 50.3 cm³/mol. The van der Waals surface area contributed by atoms with E-state index >= 15 is 0 Å². The van der Waals surface area contributed by atoms with Gasteiger partial charge in [0.25, 0.3) is 0 Å². The third kappa shape index (κ3) is 2.09. The molecule has 1 aliphatic heterocycles. The van der Waals surface area contributed by atoms with Gasteiger partial charge in [-0.15, -0.1) is 5.10 Å². The molecule has 14 heavy (non-hydrogen) atoms. The van der Waals surface area contributed by atoms with E-state index < -0.39 is 0 Å². The fourth-order valence-electron chi connectivity index (χ4n) is 1.75. The highest BCUT2D eigenvalue weighted by molar-refractivity contribution is 5.12. The maximum Gasteiger partial charge on any atom is 0.182 e. The first kappa shape index (κ1) is 9.16. The van der Waals surface area contributed by atoms with Crippen LogP contribution in [0.2, 0.25) is 0 Å². The van der Waals surface area contributed by atoms with Crippen LogP contribution in [-0.2, 0) is 6.54 Å². The molecular formula is C9H13N5. The average Bonchev–Trinajstić information content (AvgIpc) is 2.67. The Labute approximate surface area is 82.7 Å². The lowest BCUT2D eigenvalue weighted by Gasteiger charge is -2.21. The van der Waals surface area contributed by atoms with Crippen molar-refractivity contribution in [3.8, 4) is 6.07 Å². The number of nitrogens with zero attached hydrogens (tertiary/aromatic N) is 4. The van der Waals surface area contributed by atoms with Gasteiger partial charge in [0.15, 0.2) is 5.69 Å². The van der Waals surface area contributed by atoms with Gasteiger partial charge in [-0.05, 0) is 31.8 Å². The first-order chi connectivity index (χ1) is 6.88. The fourth-order valence-corrected chi connectivity index (χ4v) is 1.75. The Hall–Kier alpha value is -1.41. The Balaban J connectivity index is 1.93. The van der Waals surface area contributed by atoms with Crippen molar-refractivity contribution in [2.75, 3.05) is 13.1 Å². The summed E-state index contributed by atoms with van der Waals surface area (Å²) in [6.07, 6.45) is 3.95. The van der Waals surface area contributed by atoms with E-state index in [4.69, 9.17) is 5.26 Å². The lowest BCUT2D eigenvalue weighted by Crippen LogP contribution is -2.32. The number of rotatable bonds is 2. The molecule has 2 heterocycles. The van der Waals surface area contributed by atoms with Crippen molar-refractivity contribution in [1.29, 1.82) is 5.26 Å². The van der Waals surface area contributed by atoms with Gasteiger partial charge in [-0.25, -0.2) is 0 Å². The molecule has 0 aliphatic carbocycles. The Bertz CT molecular complexity index is 331. The summed E-state index contributed by atoms with van der Waals surface area (Å²) in [6, 6.07) is 1.97. The van der Waals surface area contributed by atoms with E-state index in [0.717, 1.165) is 19.6 Å². The minimum absolute atomic E-state index is 0.397. The molecule has 0 spiro atoms. The quantitative estimate of drug-likeness (QED) is 0.722. The van der Waals surface area contributed by atoms with Crippen molar-refractivity contribution in [2.45, 2.75) is 19.4 Å². The fraction of sp³-hybridized carbons (Fsp3) is 0.667. The smallest absolute Gasteiger partial charge is 0.182 e. The van der Waals surface area contributed by atoms with Gasteiger partial charge in [0.2, 0.25) is 0 Å². The van der Waals surface area contributed by atoms with E-state index in [9.17, 15) is 0 Å². The molecule has 5 nitrogen and oxygen atoms in total. The van der Waals surface area contributed by atoms with Gasteiger partial charge in [-0.3, -0.25) is 0 Å². The second-order valence-electron chi connectivity index (χ2n) is 3.61. The highest BCUT2D eigenvalue weighted by atomic mass is 15.5. The van der Waals surface area contributed by atoms with Crippen LogP contribution < -0.4 is 5.32 Å². The number of hydrogen-bond donors (Lipinski definition) is 1. The van der Waals surface area contributed by atoms with Crippen LogP contribution in [0.1, 0.15) is 18.5 Å². The molecule has 1 aromatic heterocycles. The SMILES string of the molecule is N#Cc1cnn(CC2CCCNC2)n1. The minimum atomic E-state index is 0.397. The molecule has 0 saturated carbocycles. The summed E-state index contributed by atoms with van der Waals surface area (Å²) in [7, 11) is 0. The number of nitrogens with one attached hydrogen (secondary N) is 1. The van der Waals surface area contributed by atoms with Crippen LogP contribution in [0.4, 0.5) is 0 Å². The molecule has 1 atom stereocenters. The van der Waals surface area contributed by atoms with E-state index in [1.807, 2.05) is 6.07 Å². The summed E-state index contributed by atoms with van der Waals surface area (Å²) in [5.41, 5.74) is 0.397. The molecule has 1 aliphatic rings. The van der Waals surface area contributed by atoms with Gasteiger partial charge in [0.05, 0.1) is 12.7 Å². The lowest BCUT2D eigenvalue weighted by atomic mass is 10.0. The van der Waals surface area contributed by atoms with Crippen LogP contribution in [0.3, 0.4) is 0 Å². The standard InChI is InChI=1S/C9H13N5/c10-4-9-6-12-14(13-9)7-8-2-1-3-11-5-8/h6,8,11H,1-3,5,7H2. The van der Waals surface area contributed by atoms with Crippen molar-refractivity contribution >= 4 is 0 Å². The van der Waals surface area contributed by atoms with Crippen LogP contribution in [0.25, 0.3) is 0 Å². The molecule has 1 N–H and O–H groups in total. The van der Waals surface area contributed by atoms with Crippen molar-refractivity contribution in [2.24, 2.45) is 5.92 Å². The molecule has 0 radical (unpaired) electrons. The summed E-state index contributed by atoms with van der Waals surface area (Å²) >= 11 is 0. The molecule has 0 bridgehead atoms. The second-order valence-corrected chi connectivity index (χ2v) is 3.61. The highest BCUT2D eigenvalue weighted by Gasteiger charge is 2.14. The first-order valence-corrected chi connectivity index (χ1v) is 4.89. The largest absolute Gasteiger partial charge is 0.316 e. The predicted octanol–water partition coefficient (Wildman–Crippen LogP) is 0.149. The zero-order valence-electron chi connectivity index (χ0n) is 7.98. The van der Waals surface area contributed by atoms with Crippen LogP contribution in [0, 0.1) is 17.2 Å². The van der Waals surface area contributed by atoms with Gasteiger partial charge in [-0.2, -0.15) is 15.2 Å². The molecule has 5 heteroatoms. The summed E-state index contributed by atoms with van der Waals surface area (Å²) < 4.78 is 0. The molecule has 1 aromatic rings. The van der Waals surface area contributed by atoms with Gasteiger partial charge >= 0.3 is 0 Å². The van der Waals surface area contributed by atoms with Gasteiger partial charge in [0.1, 0.15) is 6.07 Å². The van der Waals surface area contributed by atoms with E-state index in [-0.39, 0.29) is 0 Å². The molecular weight excluding hydrogens is 178 g/mol. The summed E-state index contributed by atoms with van der Waals surface area (Å²) in [4.78, 5) is 1.62. The lowest BCUT2D eigenvalue weighted by molar-refractivity contribution is 0.309. The van der Waals surface area contributed by atoms with Gasteiger partial charge < -0.3 is 5.32 Å². The Morgan fingerprint density at radius 2 is 2.64 bits per heavy atom. The minimum Gasteiger partial charge on any atom is -0.316 e. The third-order valence-corrected chi connectivity index (χ3v) is 2.47. The Morgan fingerprint density at radius 3 is 3.29 bits per heavy atom. The highest BCUT2D eigenvalue weighted by Crippen LogP contribution is 2.11. The molecule has 1 fully saturated rings. The molecule has 1 saturated heterocycles. The first-order valence-electron chi connectivity index (χ1n) is 4.89. The third-order valence-electron chi connectivity index (χ3n) is 2.47. The maximum atomic E-state index is 8.58. The number of hydrogen-bond acceptors (Lipinski definition) is 4. The van der Waals surface area contributed by atoms with Crippen LogP contribution in [-0.4, -0.2) is 28.1 Å². The molecule has 0 aromatic carbocycles. The Kier molecular flexibility index (Phi) is 2.75. The van der Waals surface area contributed by atoms with E-state index in [2.05, 4.69) is 15.5 Å². The van der Waals surface area contributed by atoms with Gasteiger partial charge in [-0.1, -0.05) is 0 Å². The normalized spacial score (nSPS) is 21.8. The topological polar surface area (TPSA) is 66.5 Å². The van der Waals surface area contributed by atoms with Crippen LogP contribution >= 0.6 is 0 Å². The van der Waals surface area contributed by atoms with Crippen molar-refractivity contribution in [3.63, 3.8) is 0 Å². The van der Waals surface area contributed by atoms with Crippen LogP contribution in [0.5, 0.6) is 0 Å². The molecule has 0 amide bonds. The number of aromatic nitrogens is 3. The van der Waals surface area contributed by atoms with Crippen molar-refractivity contribution in [1.82, 2.24) is 20.3 Å². The summed E-state index contributed by atoms with van der Waals surface area (Å²) in [6.45, 7) is 2.96. The second kappa shape index (κ2) is 4.20. The van der Waals surface area contributed by atoms with E-state index in [1.165, 1.54) is 19.0 Å². The number of nitriles is 1. The zero-order valence-corrected chi connectivity index (χ0v) is 7.98. The van der Waals surface area contributed by atoms with Crippen LogP contribution in [0.15, 0.2) is 6.20 Å². The molecule has 74 valence electrons. The average molecular weight is 191 g/mol. The summed E-state index contributed by atoms with van der Waals surface area (Å²) in [5.74, 6) is 0.600. The van der Waals surface area contributed by atoms with E-state index in [1.54, 1.807) is 4.80 Å². The van der Waals surface area contributed by atoms with Crippen molar-refractivity contribution in [3.05, 3.63) is 11.9 Å². The maximum absolute atomic E-state index is 8.58. The van der Waals surface area contributed by atoms with E-state index in [0.29, 0.717) is 11.6 Å². The molecule has 1 unspecified atom stereocenters. The number of piperidine rings is 1. The van der Waals surface area contributed by atoms with Crippen molar-refractivity contribution < 1.29 is 0 Å². The monoisotopic (exact) mass is 191 g/mol. The zero-order chi connectivity index (χ0) is 9.80.